The van der Waals surface area contributed by atoms with Gasteiger partial charge in [-0.1, -0.05) is 6.42 Å². The Kier molecular flexibility index (Phi) is 5.18. The molecular formula is C15H24N4O3. The van der Waals surface area contributed by atoms with Crippen molar-refractivity contribution in [2.75, 3.05) is 18.5 Å². The van der Waals surface area contributed by atoms with E-state index >= 15 is 0 Å². The highest BCUT2D eigenvalue weighted by atomic mass is 16.5. The molecule has 7 nitrogen and oxygen atoms in total. The third-order valence-electron chi connectivity index (χ3n) is 3.82. The van der Waals surface area contributed by atoms with Crippen LogP contribution in [0.3, 0.4) is 0 Å². The molecule has 2 rings (SSSR count). The third kappa shape index (κ3) is 3.65. The number of amides is 1. The number of aromatic nitrogens is 2. The first-order chi connectivity index (χ1) is 10.4. The third-order valence-corrected chi connectivity index (χ3v) is 3.82. The molecule has 1 aliphatic rings. The molecular weight excluding hydrogens is 284 g/mol. The summed E-state index contributed by atoms with van der Waals surface area (Å²) in [7, 11) is 0. The van der Waals surface area contributed by atoms with Crippen LogP contribution in [0, 0.1) is 0 Å². The van der Waals surface area contributed by atoms with Gasteiger partial charge in [-0.2, -0.15) is 5.10 Å². The molecule has 0 radical (unpaired) electrons. The van der Waals surface area contributed by atoms with Gasteiger partial charge in [0.2, 0.25) is 5.91 Å². The van der Waals surface area contributed by atoms with Crippen LogP contribution in [-0.2, 0) is 19.9 Å². The van der Waals surface area contributed by atoms with Gasteiger partial charge < -0.3 is 15.4 Å². The Labute approximate surface area is 130 Å². The van der Waals surface area contributed by atoms with Crippen molar-refractivity contribution in [3.8, 4) is 0 Å². The topological polar surface area (TPSA) is 85.2 Å². The Bertz CT molecular complexity index is 533. The summed E-state index contributed by atoms with van der Waals surface area (Å²) in [5.41, 5.74) is -0.336. The molecule has 0 saturated carbocycles. The van der Waals surface area contributed by atoms with Gasteiger partial charge in [0.05, 0.1) is 24.5 Å². The van der Waals surface area contributed by atoms with Gasteiger partial charge in [0, 0.05) is 6.20 Å². The molecule has 0 bridgehead atoms. The molecule has 1 fully saturated rings. The molecule has 1 aromatic rings. The maximum atomic E-state index is 12.2. The van der Waals surface area contributed by atoms with Crippen LogP contribution in [0.15, 0.2) is 12.4 Å². The molecule has 1 atom stereocenters. The summed E-state index contributed by atoms with van der Waals surface area (Å²) in [6.45, 7) is 6.41. The van der Waals surface area contributed by atoms with Gasteiger partial charge in [0.25, 0.3) is 0 Å². The lowest BCUT2D eigenvalue weighted by atomic mass is 10.0. The largest absolute Gasteiger partial charge is 0.464 e. The quantitative estimate of drug-likeness (QED) is 0.800. The molecule has 1 aromatic heterocycles. The number of nitrogens with zero attached hydrogens (tertiary/aromatic N) is 2. The number of rotatable bonds is 5. The van der Waals surface area contributed by atoms with Crippen molar-refractivity contribution >= 4 is 17.6 Å². The van der Waals surface area contributed by atoms with Gasteiger partial charge in [-0.3, -0.25) is 9.48 Å². The average molecular weight is 308 g/mol. The highest BCUT2D eigenvalue weighted by Crippen LogP contribution is 2.19. The predicted octanol–water partition coefficient (Wildman–Crippen LogP) is 1.26. The smallest absolute Gasteiger partial charge is 0.333 e. The van der Waals surface area contributed by atoms with E-state index in [0.717, 1.165) is 25.8 Å². The normalized spacial score (nSPS) is 18.8. The SMILES string of the molecule is CCOC(=O)C(C)(C)n1cc(NC(=O)C2CCCCN2)cn1. The molecule has 22 heavy (non-hydrogen) atoms. The first kappa shape index (κ1) is 16.5. The van der Waals surface area contributed by atoms with E-state index in [1.54, 1.807) is 33.2 Å². The van der Waals surface area contributed by atoms with Crippen LogP contribution in [0.4, 0.5) is 5.69 Å². The van der Waals surface area contributed by atoms with E-state index in [0.29, 0.717) is 12.3 Å². The maximum absolute atomic E-state index is 12.2. The maximum Gasteiger partial charge on any atom is 0.333 e. The predicted molar refractivity (Wildman–Crippen MR) is 82.5 cm³/mol. The van der Waals surface area contributed by atoms with Crippen LogP contribution in [0.25, 0.3) is 0 Å². The summed E-state index contributed by atoms with van der Waals surface area (Å²) in [6.07, 6.45) is 6.20. The summed E-state index contributed by atoms with van der Waals surface area (Å²) >= 11 is 0. The number of nitrogens with one attached hydrogen (secondary N) is 2. The molecule has 122 valence electrons. The van der Waals surface area contributed by atoms with Gasteiger partial charge in [-0.25, -0.2) is 4.79 Å². The van der Waals surface area contributed by atoms with E-state index in [4.69, 9.17) is 4.74 Å². The van der Waals surface area contributed by atoms with Crippen molar-refractivity contribution in [2.45, 2.75) is 51.6 Å². The lowest BCUT2D eigenvalue weighted by Crippen LogP contribution is -2.43. The van der Waals surface area contributed by atoms with Crippen LogP contribution in [0.1, 0.15) is 40.0 Å². The van der Waals surface area contributed by atoms with Gasteiger partial charge >= 0.3 is 5.97 Å². The van der Waals surface area contributed by atoms with E-state index in [9.17, 15) is 9.59 Å². The minimum absolute atomic E-state index is 0.0619. The van der Waals surface area contributed by atoms with E-state index < -0.39 is 5.54 Å². The fraction of sp³-hybridized carbons (Fsp3) is 0.667. The van der Waals surface area contributed by atoms with E-state index in [-0.39, 0.29) is 17.9 Å². The zero-order chi connectivity index (χ0) is 16.2. The van der Waals surface area contributed by atoms with Crippen molar-refractivity contribution < 1.29 is 14.3 Å². The molecule has 1 amide bonds. The number of carbonyl (C=O) groups is 2. The van der Waals surface area contributed by atoms with Crippen molar-refractivity contribution in [3.63, 3.8) is 0 Å². The Morgan fingerprint density at radius 1 is 1.50 bits per heavy atom. The Balaban J connectivity index is 2.01. The van der Waals surface area contributed by atoms with Crippen LogP contribution < -0.4 is 10.6 Å². The summed E-state index contributed by atoms with van der Waals surface area (Å²) < 4.78 is 6.56. The second-order valence-electron chi connectivity index (χ2n) is 5.94. The summed E-state index contributed by atoms with van der Waals surface area (Å²) in [5.74, 6) is -0.418. The number of anilines is 1. The molecule has 2 heterocycles. The molecule has 2 N–H and O–H groups in total. The van der Waals surface area contributed by atoms with Crippen LogP contribution >= 0.6 is 0 Å². The number of hydrogen-bond acceptors (Lipinski definition) is 5. The Morgan fingerprint density at radius 3 is 2.91 bits per heavy atom. The van der Waals surface area contributed by atoms with Crippen molar-refractivity contribution in [3.05, 3.63) is 12.4 Å². The summed E-state index contributed by atoms with van der Waals surface area (Å²) in [6, 6.07) is -0.157. The van der Waals surface area contributed by atoms with Gasteiger partial charge in [-0.05, 0) is 40.2 Å². The molecule has 1 saturated heterocycles. The number of hydrogen-bond donors (Lipinski definition) is 2. The minimum Gasteiger partial charge on any atom is -0.464 e. The number of ether oxygens (including phenoxy) is 1. The second kappa shape index (κ2) is 6.91. The number of piperidine rings is 1. The van der Waals surface area contributed by atoms with Crippen molar-refractivity contribution in [1.29, 1.82) is 0 Å². The number of carbonyl (C=O) groups excluding carboxylic acids is 2. The Morgan fingerprint density at radius 2 is 2.27 bits per heavy atom. The monoisotopic (exact) mass is 308 g/mol. The molecule has 1 unspecified atom stereocenters. The fourth-order valence-electron chi connectivity index (χ4n) is 2.40. The fourth-order valence-corrected chi connectivity index (χ4v) is 2.40. The van der Waals surface area contributed by atoms with Crippen LogP contribution in [0.5, 0.6) is 0 Å². The first-order valence-corrected chi connectivity index (χ1v) is 7.71. The molecule has 0 aliphatic carbocycles. The van der Waals surface area contributed by atoms with E-state index in [1.165, 1.54) is 4.68 Å². The lowest BCUT2D eigenvalue weighted by Gasteiger charge is -2.23. The average Bonchev–Trinajstić information content (AvgIpc) is 2.97. The molecule has 0 spiro atoms. The molecule has 1 aliphatic heterocycles. The van der Waals surface area contributed by atoms with E-state index in [1.807, 2.05) is 0 Å². The van der Waals surface area contributed by atoms with Gasteiger partial charge in [0.1, 0.15) is 0 Å². The summed E-state index contributed by atoms with van der Waals surface area (Å²) in [4.78, 5) is 24.1. The molecule has 0 aromatic carbocycles. The highest BCUT2D eigenvalue weighted by Gasteiger charge is 2.32. The zero-order valence-electron chi connectivity index (χ0n) is 13.4. The van der Waals surface area contributed by atoms with E-state index in [2.05, 4.69) is 15.7 Å². The van der Waals surface area contributed by atoms with Gasteiger partial charge in [-0.15, -0.1) is 0 Å². The molecule has 7 heteroatoms. The summed E-state index contributed by atoms with van der Waals surface area (Å²) in [5, 5.41) is 10.2. The van der Waals surface area contributed by atoms with Crippen LogP contribution in [-0.4, -0.2) is 40.9 Å². The van der Waals surface area contributed by atoms with Crippen molar-refractivity contribution in [2.24, 2.45) is 0 Å². The van der Waals surface area contributed by atoms with Crippen LogP contribution in [0.2, 0.25) is 0 Å². The Hall–Kier alpha value is -1.89. The standard InChI is InChI=1S/C15H24N4O3/c1-4-22-14(21)15(2,3)19-10-11(9-17-19)18-13(20)12-7-5-6-8-16-12/h9-10,12,16H,4-8H2,1-3H3,(H,18,20). The van der Waals surface area contributed by atoms with Gasteiger partial charge in [0.15, 0.2) is 5.54 Å². The minimum atomic E-state index is -0.915. The first-order valence-electron chi connectivity index (χ1n) is 7.71. The highest BCUT2D eigenvalue weighted by molar-refractivity contribution is 5.94. The number of esters is 1. The lowest BCUT2D eigenvalue weighted by molar-refractivity contribution is -0.152. The zero-order valence-corrected chi connectivity index (χ0v) is 13.4. The van der Waals surface area contributed by atoms with Crippen molar-refractivity contribution in [1.82, 2.24) is 15.1 Å². The second-order valence-corrected chi connectivity index (χ2v) is 5.94.